The summed E-state index contributed by atoms with van der Waals surface area (Å²) in [6.45, 7) is 6.34. The summed E-state index contributed by atoms with van der Waals surface area (Å²) >= 11 is 0. The minimum absolute atomic E-state index is 0.0292. The molecule has 1 aliphatic carbocycles. The van der Waals surface area contributed by atoms with Crippen LogP contribution in [0.3, 0.4) is 0 Å². The molecule has 1 aromatic heterocycles. The van der Waals surface area contributed by atoms with Crippen LogP contribution in [0.4, 0.5) is 0 Å². The lowest BCUT2D eigenvalue weighted by Crippen LogP contribution is -2.34. The molecule has 2 aromatic carbocycles. The fraction of sp³-hybridized carbons (Fsp3) is 0.304. The Morgan fingerprint density at radius 2 is 1.93 bits per heavy atom. The molecule has 0 saturated heterocycles. The number of nitrogens with one attached hydrogen (secondary N) is 1. The summed E-state index contributed by atoms with van der Waals surface area (Å²) < 4.78 is 2.12. The molecular weight excluding hydrogens is 334 g/mol. The average Bonchev–Trinajstić information content (AvgIpc) is 3.26. The fourth-order valence-corrected chi connectivity index (χ4v) is 3.60. The number of hydrogen-bond donors (Lipinski definition) is 1. The normalized spacial score (nSPS) is 15.0. The van der Waals surface area contributed by atoms with Crippen LogP contribution in [0.15, 0.2) is 60.9 Å². The third-order valence-electron chi connectivity index (χ3n) is 5.28. The second-order valence-corrected chi connectivity index (χ2v) is 7.74. The first-order valence-electron chi connectivity index (χ1n) is 9.51. The molecule has 1 fully saturated rings. The Kier molecular flexibility index (Phi) is 4.34. The van der Waals surface area contributed by atoms with Crippen LogP contribution in [0.1, 0.15) is 54.2 Å². The Hall–Kier alpha value is -2.88. The lowest BCUT2D eigenvalue weighted by Gasteiger charge is -2.19. The Balaban J connectivity index is 1.59. The van der Waals surface area contributed by atoms with E-state index in [1.54, 1.807) is 6.20 Å². The predicted molar refractivity (Wildman–Crippen MR) is 108 cm³/mol. The first-order chi connectivity index (χ1) is 13.0. The number of imidazole rings is 1. The summed E-state index contributed by atoms with van der Waals surface area (Å²) in [6, 6.07) is 16.5. The average molecular weight is 359 g/mol. The number of carbonyl (C=O) groups is 1. The Bertz CT molecular complexity index is 983. The van der Waals surface area contributed by atoms with Crippen LogP contribution in [0, 0.1) is 6.92 Å². The van der Waals surface area contributed by atoms with Gasteiger partial charge in [-0.1, -0.05) is 42.0 Å². The fourth-order valence-electron chi connectivity index (χ4n) is 3.60. The number of carbonyl (C=O) groups excluding carboxylic acids is 1. The van der Waals surface area contributed by atoms with Crippen molar-refractivity contribution in [2.24, 2.45) is 0 Å². The van der Waals surface area contributed by atoms with E-state index in [0.717, 1.165) is 24.2 Å². The standard InChI is InChI=1S/C23H25N3O/c1-16(2)26-13-12-24-21(26)18-7-5-8-19(15-18)22(27)25-23(10-11-23)20-9-4-6-17(3)14-20/h4-9,12-16H,10-11H2,1-3H3,(H,25,27). The summed E-state index contributed by atoms with van der Waals surface area (Å²) in [6.07, 6.45) is 5.75. The maximum atomic E-state index is 13.0. The van der Waals surface area contributed by atoms with E-state index in [0.29, 0.717) is 11.6 Å². The number of rotatable bonds is 5. The lowest BCUT2D eigenvalue weighted by molar-refractivity contribution is 0.0931. The monoisotopic (exact) mass is 359 g/mol. The van der Waals surface area contributed by atoms with Gasteiger partial charge in [-0.3, -0.25) is 4.79 Å². The molecule has 0 bridgehead atoms. The van der Waals surface area contributed by atoms with Crippen LogP contribution >= 0.6 is 0 Å². The van der Waals surface area contributed by atoms with E-state index in [2.05, 4.69) is 59.9 Å². The second kappa shape index (κ2) is 6.69. The molecule has 4 heteroatoms. The minimum Gasteiger partial charge on any atom is -0.343 e. The molecule has 27 heavy (non-hydrogen) atoms. The molecule has 0 atom stereocenters. The largest absolute Gasteiger partial charge is 0.343 e. The SMILES string of the molecule is Cc1cccc(C2(NC(=O)c3cccc(-c4nccn4C(C)C)c3)CC2)c1. The zero-order valence-electron chi connectivity index (χ0n) is 16.1. The zero-order chi connectivity index (χ0) is 19.0. The molecular formula is C23H25N3O. The molecule has 3 aromatic rings. The Labute approximate surface area is 160 Å². The maximum Gasteiger partial charge on any atom is 0.251 e. The smallest absolute Gasteiger partial charge is 0.251 e. The number of aryl methyl sites for hydroxylation is 1. The lowest BCUT2D eigenvalue weighted by atomic mass is 10.0. The van der Waals surface area contributed by atoms with Crippen molar-refractivity contribution in [3.05, 3.63) is 77.6 Å². The van der Waals surface area contributed by atoms with Crippen molar-refractivity contribution in [1.29, 1.82) is 0 Å². The van der Waals surface area contributed by atoms with Crippen molar-refractivity contribution >= 4 is 5.91 Å². The summed E-state index contributed by atoms with van der Waals surface area (Å²) in [5.74, 6) is 0.859. The van der Waals surface area contributed by atoms with Crippen LogP contribution in [-0.2, 0) is 5.54 Å². The summed E-state index contributed by atoms with van der Waals surface area (Å²) in [7, 11) is 0. The molecule has 1 aliphatic rings. The van der Waals surface area contributed by atoms with Crippen molar-refractivity contribution in [3.8, 4) is 11.4 Å². The van der Waals surface area contributed by atoms with Crippen LogP contribution in [0.2, 0.25) is 0 Å². The van der Waals surface area contributed by atoms with Gasteiger partial charge in [0.15, 0.2) is 0 Å². The van der Waals surface area contributed by atoms with Gasteiger partial charge in [0.25, 0.3) is 5.91 Å². The van der Waals surface area contributed by atoms with Crippen molar-refractivity contribution in [3.63, 3.8) is 0 Å². The minimum atomic E-state index is -0.213. The number of amides is 1. The van der Waals surface area contributed by atoms with E-state index in [4.69, 9.17) is 0 Å². The quantitative estimate of drug-likeness (QED) is 0.707. The van der Waals surface area contributed by atoms with Gasteiger partial charge >= 0.3 is 0 Å². The van der Waals surface area contributed by atoms with Crippen molar-refractivity contribution in [2.75, 3.05) is 0 Å². The molecule has 1 amide bonds. The highest BCUT2D eigenvalue weighted by Gasteiger charge is 2.45. The summed E-state index contributed by atoms with van der Waals surface area (Å²) in [5, 5.41) is 3.27. The second-order valence-electron chi connectivity index (χ2n) is 7.74. The summed E-state index contributed by atoms with van der Waals surface area (Å²) in [4.78, 5) is 17.4. The van der Waals surface area contributed by atoms with Gasteiger partial charge in [-0.2, -0.15) is 0 Å². The van der Waals surface area contributed by atoms with E-state index in [9.17, 15) is 4.79 Å². The number of hydrogen-bond acceptors (Lipinski definition) is 2. The summed E-state index contributed by atoms with van der Waals surface area (Å²) in [5.41, 5.74) is 3.83. The highest BCUT2D eigenvalue weighted by atomic mass is 16.1. The van der Waals surface area contributed by atoms with Crippen LogP contribution < -0.4 is 5.32 Å². The zero-order valence-corrected chi connectivity index (χ0v) is 16.1. The highest BCUT2D eigenvalue weighted by Crippen LogP contribution is 2.45. The number of benzene rings is 2. The molecule has 4 rings (SSSR count). The molecule has 0 aliphatic heterocycles. The molecule has 0 unspecified atom stereocenters. The van der Waals surface area contributed by atoms with Gasteiger partial charge < -0.3 is 9.88 Å². The Morgan fingerprint density at radius 1 is 1.15 bits per heavy atom. The van der Waals surface area contributed by atoms with Gasteiger partial charge in [-0.15, -0.1) is 0 Å². The number of aromatic nitrogens is 2. The third-order valence-corrected chi connectivity index (χ3v) is 5.28. The van der Waals surface area contributed by atoms with Gasteiger partial charge in [0.05, 0.1) is 5.54 Å². The van der Waals surface area contributed by atoms with Crippen molar-refractivity contribution < 1.29 is 4.79 Å². The molecule has 1 heterocycles. The van der Waals surface area contributed by atoms with E-state index in [-0.39, 0.29) is 11.4 Å². The Morgan fingerprint density at radius 3 is 2.63 bits per heavy atom. The van der Waals surface area contributed by atoms with Crippen molar-refractivity contribution in [2.45, 2.75) is 45.2 Å². The number of nitrogens with zero attached hydrogens (tertiary/aromatic N) is 2. The molecule has 1 N–H and O–H groups in total. The van der Waals surface area contributed by atoms with Gasteiger partial charge in [0.1, 0.15) is 5.82 Å². The third kappa shape index (κ3) is 3.39. The van der Waals surface area contributed by atoms with E-state index < -0.39 is 0 Å². The first kappa shape index (κ1) is 17.5. The predicted octanol–water partition coefficient (Wildman–Crippen LogP) is 4.86. The molecule has 1 saturated carbocycles. The molecule has 0 radical (unpaired) electrons. The topological polar surface area (TPSA) is 46.9 Å². The molecule has 138 valence electrons. The maximum absolute atomic E-state index is 13.0. The van der Waals surface area contributed by atoms with Crippen molar-refractivity contribution in [1.82, 2.24) is 14.9 Å². The van der Waals surface area contributed by atoms with Gasteiger partial charge in [0.2, 0.25) is 0 Å². The van der Waals surface area contributed by atoms with E-state index in [1.807, 2.05) is 30.5 Å². The van der Waals surface area contributed by atoms with Gasteiger partial charge in [-0.25, -0.2) is 4.98 Å². The highest BCUT2D eigenvalue weighted by molar-refractivity contribution is 5.96. The molecule has 0 spiro atoms. The van der Waals surface area contributed by atoms with Crippen LogP contribution in [-0.4, -0.2) is 15.5 Å². The van der Waals surface area contributed by atoms with Crippen LogP contribution in [0.5, 0.6) is 0 Å². The molecule has 4 nitrogen and oxygen atoms in total. The van der Waals surface area contributed by atoms with Gasteiger partial charge in [-0.05, 0) is 51.3 Å². The first-order valence-corrected chi connectivity index (χ1v) is 9.51. The van der Waals surface area contributed by atoms with E-state index in [1.165, 1.54) is 11.1 Å². The van der Waals surface area contributed by atoms with E-state index >= 15 is 0 Å². The van der Waals surface area contributed by atoms with Gasteiger partial charge in [0, 0.05) is 29.6 Å². The van der Waals surface area contributed by atoms with Crippen LogP contribution in [0.25, 0.3) is 11.4 Å².